The molecule has 2 amide bonds. The molecule has 126 valence electrons. The number of hydrogen-bond acceptors (Lipinski definition) is 5. The minimum atomic E-state index is -0.540. The van der Waals surface area contributed by atoms with Gasteiger partial charge in [0.1, 0.15) is 11.4 Å². The number of aromatic nitrogens is 2. The lowest BCUT2D eigenvalue weighted by atomic mass is 10.2. The van der Waals surface area contributed by atoms with Crippen molar-refractivity contribution in [2.75, 3.05) is 11.9 Å². The fourth-order valence-electron chi connectivity index (χ4n) is 2.41. The minimum absolute atomic E-state index is 0.106. The number of hydrogen-bond donors (Lipinski definition) is 1. The molecule has 1 saturated heterocycles. The Balaban J connectivity index is 2.15. The standard InChI is InChI=1S/C16H24N4O3/c1-5-13(21)18-12-8-9-17-14(19-12)11-7-6-10-20(11)15(22)23-16(2,3)4/h8-9,11H,5-7,10H2,1-4H3,(H,17,18,19,21). The fourth-order valence-corrected chi connectivity index (χ4v) is 2.41. The molecule has 7 nitrogen and oxygen atoms in total. The predicted molar refractivity (Wildman–Crippen MR) is 85.9 cm³/mol. The van der Waals surface area contributed by atoms with Crippen molar-refractivity contribution >= 4 is 17.8 Å². The summed E-state index contributed by atoms with van der Waals surface area (Å²) in [4.78, 5) is 34.1. The van der Waals surface area contributed by atoms with Crippen LogP contribution < -0.4 is 5.32 Å². The third-order valence-electron chi connectivity index (χ3n) is 3.44. The second-order valence-electron chi connectivity index (χ2n) is 6.53. The van der Waals surface area contributed by atoms with E-state index in [1.807, 2.05) is 20.8 Å². The Labute approximate surface area is 136 Å². The van der Waals surface area contributed by atoms with E-state index in [2.05, 4.69) is 15.3 Å². The first-order chi connectivity index (χ1) is 10.8. The molecule has 1 aliphatic rings. The third-order valence-corrected chi connectivity index (χ3v) is 3.44. The second-order valence-corrected chi connectivity index (χ2v) is 6.53. The number of ether oxygens (including phenoxy) is 1. The molecule has 2 heterocycles. The Hall–Kier alpha value is -2.18. The van der Waals surface area contributed by atoms with Gasteiger partial charge in [0, 0.05) is 19.2 Å². The smallest absolute Gasteiger partial charge is 0.410 e. The zero-order valence-electron chi connectivity index (χ0n) is 14.1. The molecule has 0 bridgehead atoms. The molecular weight excluding hydrogens is 296 g/mol. The molecule has 0 aliphatic carbocycles. The van der Waals surface area contributed by atoms with Gasteiger partial charge in [-0.25, -0.2) is 14.8 Å². The number of nitrogens with zero attached hydrogens (tertiary/aromatic N) is 3. The van der Waals surface area contributed by atoms with Crippen LogP contribution in [-0.2, 0) is 9.53 Å². The molecule has 23 heavy (non-hydrogen) atoms. The first-order valence-corrected chi connectivity index (χ1v) is 7.92. The number of nitrogens with one attached hydrogen (secondary N) is 1. The summed E-state index contributed by atoms with van der Waals surface area (Å²) in [5.74, 6) is 0.880. The molecule has 0 radical (unpaired) electrons. The Morgan fingerprint density at radius 3 is 2.83 bits per heavy atom. The number of carbonyl (C=O) groups is 2. The molecule has 0 saturated carbocycles. The van der Waals surface area contributed by atoms with Crippen molar-refractivity contribution in [2.45, 2.75) is 58.6 Å². The average Bonchev–Trinajstić information content (AvgIpc) is 2.95. The molecule has 2 rings (SSSR count). The van der Waals surface area contributed by atoms with Gasteiger partial charge in [-0.05, 0) is 39.7 Å². The van der Waals surface area contributed by atoms with Crippen molar-refractivity contribution in [3.63, 3.8) is 0 Å². The summed E-state index contributed by atoms with van der Waals surface area (Å²) in [6, 6.07) is 1.42. The highest BCUT2D eigenvalue weighted by atomic mass is 16.6. The van der Waals surface area contributed by atoms with E-state index in [9.17, 15) is 9.59 Å². The number of likely N-dealkylation sites (tertiary alicyclic amines) is 1. The van der Waals surface area contributed by atoms with Gasteiger partial charge in [0.15, 0.2) is 5.82 Å². The van der Waals surface area contributed by atoms with Gasteiger partial charge >= 0.3 is 6.09 Å². The van der Waals surface area contributed by atoms with E-state index in [1.54, 1.807) is 24.1 Å². The highest BCUT2D eigenvalue weighted by Crippen LogP contribution is 2.31. The van der Waals surface area contributed by atoms with Gasteiger partial charge < -0.3 is 10.1 Å². The fraction of sp³-hybridized carbons (Fsp3) is 0.625. The van der Waals surface area contributed by atoms with E-state index in [0.29, 0.717) is 24.6 Å². The highest BCUT2D eigenvalue weighted by molar-refractivity contribution is 5.89. The largest absolute Gasteiger partial charge is 0.444 e. The lowest BCUT2D eigenvalue weighted by molar-refractivity contribution is -0.115. The quantitative estimate of drug-likeness (QED) is 0.925. The van der Waals surface area contributed by atoms with Gasteiger partial charge in [0.05, 0.1) is 6.04 Å². The zero-order valence-corrected chi connectivity index (χ0v) is 14.1. The van der Waals surface area contributed by atoms with Gasteiger partial charge in [-0.15, -0.1) is 0 Å². The Morgan fingerprint density at radius 1 is 1.43 bits per heavy atom. The maximum Gasteiger partial charge on any atom is 0.410 e. The summed E-state index contributed by atoms with van der Waals surface area (Å²) >= 11 is 0. The maximum absolute atomic E-state index is 12.3. The van der Waals surface area contributed by atoms with Crippen molar-refractivity contribution in [2.24, 2.45) is 0 Å². The first kappa shape index (κ1) is 17.2. The molecule has 1 atom stereocenters. The molecule has 1 aliphatic heterocycles. The molecule has 0 aromatic carbocycles. The Bertz CT molecular complexity index is 583. The van der Waals surface area contributed by atoms with Crippen molar-refractivity contribution in [1.29, 1.82) is 0 Å². The topological polar surface area (TPSA) is 84.4 Å². The second kappa shape index (κ2) is 6.93. The van der Waals surface area contributed by atoms with Gasteiger partial charge in [-0.2, -0.15) is 0 Å². The van der Waals surface area contributed by atoms with E-state index in [0.717, 1.165) is 12.8 Å². The summed E-state index contributed by atoms with van der Waals surface area (Å²) in [5.41, 5.74) is -0.540. The van der Waals surface area contributed by atoms with Gasteiger partial charge in [-0.3, -0.25) is 9.69 Å². The van der Waals surface area contributed by atoms with Crippen LogP contribution in [-0.4, -0.2) is 39.0 Å². The lowest BCUT2D eigenvalue weighted by Gasteiger charge is -2.28. The normalized spacial score (nSPS) is 17.9. The molecule has 1 aromatic heterocycles. The van der Waals surface area contributed by atoms with Crippen LogP contribution in [0.4, 0.5) is 10.6 Å². The van der Waals surface area contributed by atoms with E-state index < -0.39 is 5.60 Å². The Morgan fingerprint density at radius 2 is 2.17 bits per heavy atom. The number of carbonyl (C=O) groups excluding carboxylic acids is 2. The number of rotatable bonds is 3. The number of amides is 2. The van der Waals surface area contributed by atoms with E-state index in [1.165, 1.54) is 0 Å². The molecular formula is C16H24N4O3. The molecule has 0 spiro atoms. The molecule has 7 heteroatoms. The van der Waals surface area contributed by atoms with Crippen LogP contribution >= 0.6 is 0 Å². The monoisotopic (exact) mass is 320 g/mol. The van der Waals surface area contributed by atoms with E-state index in [-0.39, 0.29) is 18.0 Å². The van der Waals surface area contributed by atoms with Crippen molar-refractivity contribution in [3.8, 4) is 0 Å². The number of anilines is 1. The van der Waals surface area contributed by atoms with Crippen molar-refractivity contribution < 1.29 is 14.3 Å². The maximum atomic E-state index is 12.3. The SMILES string of the molecule is CCC(=O)Nc1ccnc(C2CCCN2C(=O)OC(C)(C)C)n1. The van der Waals surface area contributed by atoms with Crippen molar-refractivity contribution in [3.05, 3.63) is 18.1 Å². The van der Waals surface area contributed by atoms with Crippen LogP contribution in [0.25, 0.3) is 0 Å². The van der Waals surface area contributed by atoms with Crippen LogP contribution in [0.15, 0.2) is 12.3 Å². The Kier molecular flexibility index (Phi) is 5.18. The third kappa shape index (κ3) is 4.64. The summed E-state index contributed by atoms with van der Waals surface area (Å²) in [5, 5.41) is 2.71. The van der Waals surface area contributed by atoms with Crippen LogP contribution in [0.3, 0.4) is 0 Å². The highest BCUT2D eigenvalue weighted by Gasteiger charge is 2.34. The summed E-state index contributed by atoms with van der Waals surface area (Å²) in [6.45, 7) is 7.92. The molecule has 1 fully saturated rings. The van der Waals surface area contributed by atoms with Gasteiger partial charge in [0.25, 0.3) is 0 Å². The summed E-state index contributed by atoms with van der Waals surface area (Å²) in [6.07, 6.45) is 3.28. The minimum Gasteiger partial charge on any atom is -0.444 e. The van der Waals surface area contributed by atoms with Gasteiger partial charge in [0.2, 0.25) is 5.91 Å². The van der Waals surface area contributed by atoms with Crippen LogP contribution in [0.1, 0.15) is 58.8 Å². The van der Waals surface area contributed by atoms with Crippen LogP contribution in [0.2, 0.25) is 0 Å². The average molecular weight is 320 g/mol. The zero-order chi connectivity index (χ0) is 17.0. The predicted octanol–water partition coefficient (Wildman–Crippen LogP) is 2.90. The molecule has 1 unspecified atom stereocenters. The van der Waals surface area contributed by atoms with E-state index in [4.69, 9.17) is 4.74 Å². The summed E-state index contributed by atoms with van der Waals surface area (Å²) < 4.78 is 5.45. The van der Waals surface area contributed by atoms with Crippen molar-refractivity contribution in [1.82, 2.24) is 14.9 Å². The first-order valence-electron chi connectivity index (χ1n) is 7.92. The van der Waals surface area contributed by atoms with E-state index >= 15 is 0 Å². The van der Waals surface area contributed by atoms with Gasteiger partial charge in [-0.1, -0.05) is 6.92 Å². The summed E-state index contributed by atoms with van der Waals surface area (Å²) in [7, 11) is 0. The lowest BCUT2D eigenvalue weighted by Crippen LogP contribution is -2.37. The molecule has 1 aromatic rings. The molecule has 1 N–H and O–H groups in total. The van der Waals surface area contributed by atoms with Crippen LogP contribution in [0.5, 0.6) is 0 Å². The van der Waals surface area contributed by atoms with Crippen LogP contribution in [0, 0.1) is 0 Å².